The van der Waals surface area contributed by atoms with Gasteiger partial charge < -0.3 is 14.4 Å². The van der Waals surface area contributed by atoms with E-state index in [0.717, 1.165) is 11.1 Å². The number of carboxylic acid groups (broad SMARTS) is 1. The van der Waals surface area contributed by atoms with Crippen LogP contribution in [-0.2, 0) is 37.9 Å². The van der Waals surface area contributed by atoms with E-state index < -0.39 is 34.9 Å². The standard InChI is InChI=1S/C24H34NO6PS/c1-24(2,3)33(29)25-22(14-15-23(26)27)32(28,31-18-19-10-6-5-7-11-19)17-16-20-12-8-9-13-21(20)30-4/h5-13,22,25H,14-18H2,1-4H3,(H,26,27)/t22-,32?,33?/m1/s1. The highest BCUT2D eigenvalue weighted by molar-refractivity contribution is 7.84. The van der Waals surface area contributed by atoms with Crippen LogP contribution in [0.5, 0.6) is 5.75 Å². The molecule has 0 aliphatic heterocycles. The molecule has 0 aliphatic carbocycles. The fourth-order valence-electron chi connectivity index (χ4n) is 3.15. The van der Waals surface area contributed by atoms with Crippen LogP contribution in [0.3, 0.4) is 0 Å². The minimum atomic E-state index is -3.49. The Bertz CT molecular complexity index is 976. The first-order valence-electron chi connectivity index (χ1n) is 10.8. The Morgan fingerprint density at radius 3 is 2.36 bits per heavy atom. The van der Waals surface area contributed by atoms with Crippen molar-refractivity contribution >= 4 is 24.3 Å². The van der Waals surface area contributed by atoms with Crippen molar-refractivity contribution in [2.45, 2.75) is 57.2 Å². The van der Waals surface area contributed by atoms with Crippen LogP contribution in [0.15, 0.2) is 54.6 Å². The molecule has 0 aromatic heterocycles. The van der Waals surface area contributed by atoms with Gasteiger partial charge in [0.25, 0.3) is 0 Å². The summed E-state index contributed by atoms with van der Waals surface area (Å²) in [5.74, 6) is -1.20. The van der Waals surface area contributed by atoms with Crippen molar-refractivity contribution in [3.8, 4) is 5.75 Å². The van der Waals surface area contributed by atoms with Crippen LogP contribution in [0.25, 0.3) is 0 Å². The molecule has 2 aromatic carbocycles. The van der Waals surface area contributed by atoms with Crippen LogP contribution in [-0.4, -0.2) is 39.1 Å². The highest BCUT2D eigenvalue weighted by Gasteiger charge is 2.37. The van der Waals surface area contributed by atoms with E-state index in [2.05, 4.69) is 4.72 Å². The third kappa shape index (κ3) is 8.70. The van der Waals surface area contributed by atoms with Crippen molar-refractivity contribution in [3.05, 3.63) is 65.7 Å². The number of benzene rings is 2. The molecule has 0 aliphatic rings. The van der Waals surface area contributed by atoms with Crippen molar-refractivity contribution in [2.24, 2.45) is 0 Å². The van der Waals surface area contributed by atoms with Crippen LogP contribution in [0.2, 0.25) is 0 Å². The number of ether oxygens (including phenoxy) is 1. The monoisotopic (exact) mass is 495 g/mol. The minimum absolute atomic E-state index is 0.0369. The summed E-state index contributed by atoms with van der Waals surface area (Å²) >= 11 is 0. The molecule has 0 bridgehead atoms. The summed E-state index contributed by atoms with van der Waals surface area (Å²) in [6.45, 7) is 5.51. The number of para-hydroxylation sites is 1. The average molecular weight is 496 g/mol. The van der Waals surface area contributed by atoms with Gasteiger partial charge in [-0.25, -0.2) is 8.93 Å². The molecule has 0 fully saturated rings. The molecule has 2 N–H and O–H groups in total. The topological polar surface area (TPSA) is 102 Å². The van der Waals surface area contributed by atoms with Crippen LogP contribution in [0.1, 0.15) is 44.7 Å². The Kier molecular flexibility index (Phi) is 10.3. The smallest absolute Gasteiger partial charge is 0.303 e. The maximum atomic E-state index is 14.3. The molecule has 7 nitrogen and oxygen atoms in total. The quantitative estimate of drug-likeness (QED) is 0.380. The van der Waals surface area contributed by atoms with Gasteiger partial charge in [0.15, 0.2) is 0 Å². The molecule has 2 aromatic rings. The van der Waals surface area contributed by atoms with E-state index in [9.17, 15) is 18.7 Å². The van der Waals surface area contributed by atoms with E-state index in [1.165, 1.54) is 0 Å². The van der Waals surface area contributed by atoms with Gasteiger partial charge in [0.05, 0.1) is 35.2 Å². The SMILES string of the molecule is COc1ccccc1CCP(=O)(OCc1ccccc1)[C@H](CCC(=O)O)NS(=O)C(C)(C)C. The Labute approximate surface area is 198 Å². The van der Waals surface area contributed by atoms with Crippen LogP contribution < -0.4 is 9.46 Å². The number of carboxylic acids is 1. The zero-order valence-corrected chi connectivity index (χ0v) is 21.4. The number of hydrogen-bond donors (Lipinski definition) is 2. The molecule has 0 saturated carbocycles. The molecule has 0 radical (unpaired) electrons. The second-order valence-corrected chi connectivity index (χ2v) is 13.5. The van der Waals surface area contributed by atoms with Crippen molar-refractivity contribution in [1.29, 1.82) is 0 Å². The lowest BCUT2D eigenvalue weighted by atomic mass is 10.1. The molecule has 2 unspecified atom stereocenters. The van der Waals surface area contributed by atoms with Gasteiger partial charge in [0, 0.05) is 12.6 Å². The Morgan fingerprint density at radius 2 is 1.76 bits per heavy atom. The lowest BCUT2D eigenvalue weighted by Gasteiger charge is -2.30. The van der Waals surface area contributed by atoms with Gasteiger partial charge in [-0.3, -0.25) is 9.36 Å². The summed E-state index contributed by atoms with van der Waals surface area (Å²) < 4.78 is 40.9. The molecular formula is C24H34NO6PS. The fraction of sp³-hybridized carbons (Fsp3) is 0.458. The number of aliphatic carboxylic acids is 1. The predicted octanol–water partition coefficient (Wildman–Crippen LogP) is 4.98. The summed E-state index contributed by atoms with van der Waals surface area (Å²) in [6, 6.07) is 16.8. The fourth-order valence-corrected chi connectivity index (χ4v) is 6.86. The number of aryl methyl sites for hydroxylation is 1. The van der Waals surface area contributed by atoms with Crippen molar-refractivity contribution < 1.29 is 27.9 Å². The maximum absolute atomic E-state index is 14.3. The van der Waals surface area contributed by atoms with Gasteiger partial charge in [-0.05, 0) is 50.8 Å². The molecule has 2 rings (SSSR count). The Balaban J connectivity index is 2.34. The lowest BCUT2D eigenvalue weighted by molar-refractivity contribution is -0.137. The van der Waals surface area contributed by atoms with Crippen LogP contribution in [0.4, 0.5) is 0 Å². The van der Waals surface area contributed by atoms with E-state index >= 15 is 0 Å². The van der Waals surface area contributed by atoms with Crippen molar-refractivity contribution in [1.82, 2.24) is 4.72 Å². The number of carbonyl (C=O) groups is 1. The van der Waals surface area contributed by atoms with E-state index in [0.29, 0.717) is 12.2 Å². The van der Waals surface area contributed by atoms with Gasteiger partial charge in [-0.1, -0.05) is 48.5 Å². The summed E-state index contributed by atoms with van der Waals surface area (Å²) in [4.78, 5) is 11.3. The van der Waals surface area contributed by atoms with Gasteiger partial charge in [-0.2, -0.15) is 0 Å². The first-order valence-corrected chi connectivity index (χ1v) is 13.9. The molecule has 0 heterocycles. The van der Waals surface area contributed by atoms with E-state index in [1.54, 1.807) is 27.9 Å². The molecule has 0 spiro atoms. The number of hydrogen-bond acceptors (Lipinski definition) is 5. The minimum Gasteiger partial charge on any atom is -0.496 e. The molecule has 182 valence electrons. The predicted molar refractivity (Wildman–Crippen MR) is 132 cm³/mol. The summed E-state index contributed by atoms with van der Waals surface area (Å²) in [6.07, 6.45) is 0.379. The molecule has 3 atom stereocenters. The second-order valence-electron chi connectivity index (χ2n) is 8.72. The van der Waals surface area contributed by atoms with Crippen molar-refractivity contribution in [2.75, 3.05) is 13.3 Å². The second kappa shape index (κ2) is 12.5. The summed E-state index contributed by atoms with van der Waals surface area (Å²) in [7, 11) is -3.47. The van der Waals surface area contributed by atoms with Crippen LogP contribution in [0, 0.1) is 0 Å². The Hall–Kier alpha value is -1.99. The van der Waals surface area contributed by atoms with Gasteiger partial charge >= 0.3 is 5.97 Å². The molecule has 33 heavy (non-hydrogen) atoms. The highest BCUT2D eigenvalue weighted by atomic mass is 32.2. The molecular weight excluding hydrogens is 461 g/mol. The normalized spacial score (nSPS) is 15.4. The van der Waals surface area contributed by atoms with Crippen LogP contribution >= 0.6 is 7.37 Å². The van der Waals surface area contributed by atoms with E-state index in [1.807, 2.05) is 54.6 Å². The van der Waals surface area contributed by atoms with E-state index in [4.69, 9.17) is 9.26 Å². The summed E-state index contributed by atoms with van der Waals surface area (Å²) in [5, 5.41) is 9.26. The largest absolute Gasteiger partial charge is 0.496 e. The molecule has 0 amide bonds. The third-order valence-corrected chi connectivity index (χ3v) is 9.62. The molecule has 9 heteroatoms. The number of rotatable bonds is 13. The first-order chi connectivity index (χ1) is 15.5. The highest BCUT2D eigenvalue weighted by Crippen LogP contribution is 2.54. The Morgan fingerprint density at radius 1 is 1.12 bits per heavy atom. The zero-order chi connectivity index (χ0) is 24.5. The van der Waals surface area contributed by atoms with E-state index in [-0.39, 0.29) is 25.6 Å². The van der Waals surface area contributed by atoms with Crippen molar-refractivity contribution in [3.63, 3.8) is 0 Å². The number of nitrogens with one attached hydrogen (secondary N) is 1. The van der Waals surface area contributed by atoms with Gasteiger partial charge in [0.1, 0.15) is 5.75 Å². The lowest BCUT2D eigenvalue weighted by Crippen LogP contribution is -2.40. The third-order valence-electron chi connectivity index (χ3n) is 5.08. The average Bonchev–Trinajstić information content (AvgIpc) is 2.79. The molecule has 0 saturated heterocycles. The zero-order valence-electron chi connectivity index (χ0n) is 19.7. The van der Waals surface area contributed by atoms with Gasteiger partial charge in [-0.15, -0.1) is 0 Å². The number of methoxy groups -OCH3 is 1. The maximum Gasteiger partial charge on any atom is 0.303 e. The summed E-state index contributed by atoms with van der Waals surface area (Å²) in [5.41, 5.74) is 1.72. The first kappa shape index (κ1) is 27.3. The van der Waals surface area contributed by atoms with Gasteiger partial charge in [0.2, 0.25) is 7.37 Å².